The van der Waals surface area contributed by atoms with E-state index in [9.17, 15) is 8.42 Å². The fraction of sp³-hybridized carbons (Fsp3) is 0.444. The number of hydrogen-bond donors (Lipinski definition) is 2. The largest absolute Gasteiger partial charge is 0.299 e. The minimum Gasteiger partial charge on any atom is -0.268 e. The van der Waals surface area contributed by atoms with Crippen molar-refractivity contribution in [3.63, 3.8) is 0 Å². The van der Waals surface area contributed by atoms with Crippen LogP contribution < -0.4 is 9.44 Å². The molecule has 1 aromatic rings. The number of pyridine rings is 1. The maximum atomic E-state index is 11.6. The molecule has 0 aromatic carbocycles. The van der Waals surface area contributed by atoms with Crippen LogP contribution >= 0.6 is 11.6 Å². The molecule has 5 nitrogen and oxygen atoms in total. The van der Waals surface area contributed by atoms with Gasteiger partial charge in [-0.2, -0.15) is 13.1 Å². The highest BCUT2D eigenvalue weighted by molar-refractivity contribution is 7.90. The first kappa shape index (κ1) is 13.2. The van der Waals surface area contributed by atoms with E-state index < -0.39 is 10.2 Å². The number of nitrogens with zero attached hydrogens (tertiary/aromatic N) is 1. The molecule has 0 aliphatic carbocycles. The summed E-state index contributed by atoms with van der Waals surface area (Å²) in [5, 5.41) is 0.125. The molecular weight excluding hydrogens is 250 g/mol. The third kappa shape index (κ3) is 3.96. The molecule has 0 unspecified atom stereocenters. The number of aryl methyl sites for hydroxylation is 1. The number of nitrogens with one attached hydrogen (secondary N) is 2. The molecule has 0 saturated heterocycles. The highest BCUT2D eigenvalue weighted by Crippen LogP contribution is 2.20. The SMILES string of the molecule is Cc1cnc(Cl)c(NS(=O)(=O)NC(C)C)c1. The number of anilines is 1. The Morgan fingerprint density at radius 3 is 2.62 bits per heavy atom. The van der Waals surface area contributed by atoms with Gasteiger partial charge in [0.25, 0.3) is 10.2 Å². The predicted molar refractivity (Wildman–Crippen MR) is 64.8 cm³/mol. The second-order valence-corrected chi connectivity index (χ2v) is 5.53. The maximum absolute atomic E-state index is 11.6. The predicted octanol–water partition coefficient (Wildman–Crippen LogP) is 1.70. The van der Waals surface area contributed by atoms with E-state index >= 15 is 0 Å². The molecule has 1 rings (SSSR count). The summed E-state index contributed by atoms with van der Waals surface area (Å²) in [5.41, 5.74) is 1.10. The highest BCUT2D eigenvalue weighted by Gasteiger charge is 2.13. The fourth-order valence-corrected chi connectivity index (χ4v) is 2.44. The van der Waals surface area contributed by atoms with Gasteiger partial charge in [-0.15, -0.1) is 0 Å². The molecule has 0 aliphatic heterocycles. The number of rotatable bonds is 4. The molecule has 0 atom stereocenters. The Morgan fingerprint density at radius 2 is 2.06 bits per heavy atom. The topological polar surface area (TPSA) is 71.1 Å². The minimum absolute atomic E-state index is 0.125. The molecule has 0 aliphatic rings. The quantitative estimate of drug-likeness (QED) is 0.813. The van der Waals surface area contributed by atoms with E-state index in [2.05, 4.69) is 14.4 Å². The summed E-state index contributed by atoms with van der Waals surface area (Å²) in [7, 11) is -3.60. The molecule has 0 spiro atoms. The summed E-state index contributed by atoms with van der Waals surface area (Å²) in [6, 6.07) is 1.43. The Balaban J connectivity index is 2.92. The zero-order chi connectivity index (χ0) is 12.3. The van der Waals surface area contributed by atoms with E-state index in [1.165, 1.54) is 0 Å². The first-order valence-electron chi connectivity index (χ1n) is 4.72. The van der Waals surface area contributed by atoms with Gasteiger partial charge >= 0.3 is 0 Å². The Kier molecular flexibility index (Phi) is 4.12. The van der Waals surface area contributed by atoms with Crippen molar-refractivity contribution in [1.82, 2.24) is 9.71 Å². The smallest absolute Gasteiger partial charge is 0.268 e. The zero-order valence-electron chi connectivity index (χ0n) is 9.28. The molecule has 16 heavy (non-hydrogen) atoms. The molecule has 0 fully saturated rings. The minimum atomic E-state index is -3.60. The monoisotopic (exact) mass is 263 g/mol. The molecule has 0 amide bonds. The van der Waals surface area contributed by atoms with Crippen LogP contribution in [0.3, 0.4) is 0 Å². The second kappa shape index (κ2) is 4.99. The normalized spacial score (nSPS) is 11.8. The van der Waals surface area contributed by atoms with Crippen molar-refractivity contribution in [2.75, 3.05) is 4.72 Å². The highest BCUT2D eigenvalue weighted by atomic mass is 35.5. The van der Waals surface area contributed by atoms with Gasteiger partial charge in [0.05, 0.1) is 5.69 Å². The van der Waals surface area contributed by atoms with E-state index in [0.29, 0.717) is 0 Å². The molecule has 0 radical (unpaired) electrons. The van der Waals surface area contributed by atoms with Crippen LogP contribution in [0.2, 0.25) is 5.15 Å². The molecule has 2 N–H and O–H groups in total. The Morgan fingerprint density at radius 1 is 1.44 bits per heavy atom. The summed E-state index contributed by atoms with van der Waals surface area (Å²) >= 11 is 5.77. The van der Waals surface area contributed by atoms with E-state index in [0.717, 1.165) is 5.56 Å². The van der Waals surface area contributed by atoms with Gasteiger partial charge in [-0.3, -0.25) is 4.72 Å². The molecule has 90 valence electrons. The van der Waals surface area contributed by atoms with E-state index in [1.54, 1.807) is 33.0 Å². The Bertz CT molecular complexity index is 474. The fourth-order valence-electron chi connectivity index (χ4n) is 1.11. The van der Waals surface area contributed by atoms with Gasteiger partial charge in [-0.1, -0.05) is 11.6 Å². The molecule has 0 saturated carbocycles. The lowest BCUT2D eigenvalue weighted by atomic mass is 10.3. The van der Waals surface area contributed by atoms with Crippen molar-refractivity contribution < 1.29 is 8.42 Å². The summed E-state index contributed by atoms with van der Waals surface area (Å²) in [5.74, 6) is 0. The van der Waals surface area contributed by atoms with Crippen LogP contribution in [0.25, 0.3) is 0 Å². The molecule has 1 aromatic heterocycles. The lowest BCUT2D eigenvalue weighted by Crippen LogP contribution is -2.35. The van der Waals surface area contributed by atoms with Crippen molar-refractivity contribution in [3.05, 3.63) is 23.0 Å². The second-order valence-electron chi connectivity index (χ2n) is 3.73. The number of hydrogen-bond acceptors (Lipinski definition) is 3. The van der Waals surface area contributed by atoms with Gasteiger partial charge in [-0.05, 0) is 32.4 Å². The average Bonchev–Trinajstić information content (AvgIpc) is 2.08. The van der Waals surface area contributed by atoms with Crippen molar-refractivity contribution in [3.8, 4) is 0 Å². The van der Waals surface area contributed by atoms with Crippen LogP contribution in [0, 0.1) is 6.92 Å². The van der Waals surface area contributed by atoms with Crippen LogP contribution in [-0.4, -0.2) is 19.4 Å². The first-order chi connectivity index (χ1) is 7.30. The van der Waals surface area contributed by atoms with Gasteiger partial charge in [-0.25, -0.2) is 4.98 Å². The molecule has 1 heterocycles. The lowest BCUT2D eigenvalue weighted by molar-refractivity contribution is 0.575. The van der Waals surface area contributed by atoms with Gasteiger partial charge in [0, 0.05) is 12.2 Å². The van der Waals surface area contributed by atoms with Crippen molar-refractivity contribution in [2.45, 2.75) is 26.8 Å². The summed E-state index contributed by atoms with van der Waals surface area (Å²) in [6.07, 6.45) is 1.57. The van der Waals surface area contributed by atoms with Gasteiger partial charge in [0.15, 0.2) is 5.15 Å². The summed E-state index contributed by atoms with van der Waals surface area (Å²) in [6.45, 7) is 5.27. The summed E-state index contributed by atoms with van der Waals surface area (Å²) < 4.78 is 27.8. The molecule has 0 bridgehead atoms. The Labute approximate surface area is 100 Å². The number of halogens is 1. The van der Waals surface area contributed by atoms with Crippen molar-refractivity contribution in [2.24, 2.45) is 0 Å². The van der Waals surface area contributed by atoms with Crippen LogP contribution in [0.15, 0.2) is 12.3 Å². The summed E-state index contributed by atoms with van der Waals surface area (Å²) in [4.78, 5) is 3.85. The van der Waals surface area contributed by atoms with Gasteiger partial charge in [0.2, 0.25) is 0 Å². The van der Waals surface area contributed by atoms with Gasteiger partial charge in [0.1, 0.15) is 0 Å². The third-order valence-electron chi connectivity index (χ3n) is 1.61. The van der Waals surface area contributed by atoms with Crippen LogP contribution in [-0.2, 0) is 10.2 Å². The van der Waals surface area contributed by atoms with Crippen LogP contribution in [0.4, 0.5) is 5.69 Å². The van der Waals surface area contributed by atoms with Crippen LogP contribution in [0.1, 0.15) is 19.4 Å². The molecule has 7 heteroatoms. The van der Waals surface area contributed by atoms with Gasteiger partial charge < -0.3 is 0 Å². The standard InChI is InChI=1S/C9H14ClN3O2S/c1-6(2)12-16(14,15)13-8-4-7(3)5-11-9(8)10/h4-6,12-13H,1-3H3. The Hall–Kier alpha value is -0.850. The zero-order valence-corrected chi connectivity index (χ0v) is 10.9. The average molecular weight is 264 g/mol. The number of aromatic nitrogens is 1. The molecular formula is C9H14ClN3O2S. The van der Waals surface area contributed by atoms with E-state index in [-0.39, 0.29) is 16.9 Å². The van der Waals surface area contributed by atoms with E-state index in [1.807, 2.05) is 0 Å². The van der Waals surface area contributed by atoms with Crippen molar-refractivity contribution >= 4 is 27.5 Å². The maximum Gasteiger partial charge on any atom is 0.299 e. The first-order valence-corrected chi connectivity index (χ1v) is 6.58. The lowest BCUT2D eigenvalue weighted by Gasteiger charge is -2.12. The van der Waals surface area contributed by atoms with E-state index in [4.69, 9.17) is 11.6 Å². The van der Waals surface area contributed by atoms with Crippen LogP contribution in [0.5, 0.6) is 0 Å². The third-order valence-corrected chi connectivity index (χ3v) is 3.18. The van der Waals surface area contributed by atoms with Crippen molar-refractivity contribution in [1.29, 1.82) is 0 Å².